The molecule has 0 radical (unpaired) electrons. The molecule has 0 spiro atoms. The third kappa shape index (κ3) is 2.24. The van der Waals surface area contributed by atoms with Crippen LogP contribution in [0, 0.1) is 0 Å². The fourth-order valence-corrected chi connectivity index (χ4v) is 2.67. The molecule has 12 heteroatoms. The maximum Gasteiger partial charge on any atom is 0.286 e. The lowest BCUT2D eigenvalue weighted by Gasteiger charge is -2.20. The first-order chi connectivity index (χ1) is 11.4. The third-order valence-electron chi connectivity index (χ3n) is 3.88. The number of aliphatic hydroxyl groups excluding tert-OH is 3. The van der Waals surface area contributed by atoms with E-state index in [2.05, 4.69) is 20.5 Å². The molecule has 1 aliphatic heterocycles. The molecular formula is C12H16N6O6. The van der Waals surface area contributed by atoms with Gasteiger partial charge in [-0.1, -0.05) is 0 Å². The molecule has 4 atom stereocenters. The first-order valence-corrected chi connectivity index (χ1v) is 7.01. The van der Waals surface area contributed by atoms with Gasteiger partial charge in [0.25, 0.3) is 11.5 Å². The summed E-state index contributed by atoms with van der Waals surface area (Å²) in [6, 6.07) is 0. The number of aromatic amines is 1. The lowest BCUT2D eigenvalue weighted by atomic mass is 10.1. The van der Waals surface area contributed by atoms with Gasteiger partial charge >= 0.3 is 0 Å². The van der Waals surface area contributed by atoms with Gasteiger partial charge in [0.05, 0.1) is 6.61 Å². The fraction of sp³-hybridized carbons (Fsp3) is 0.500. The summed E-state index contributed by atoms with van der Waals surface area (Å²) >= 11 is 0. The number of aliphatic hydroxyl groups is 3. The standard InChI is InChI=1S/C12H16N6O6/c1-14-10(23)5-4-8(17-16-5)18(12(13)15-9(4)22)11-7(21)6(20)3(2-19)24-11/h3,6-7,11,19-21H,2H2,1H3,(H,14,23)(H,16,17)(H2,13,15,22)/t3-,6-,7-,11-/m1/s1. The maximum atomic E-state index is 12.1. The van der Waals surface area contributed by atoms with Gasteiger partial charge in [0.15, 0.2) is 11.9 Å². The number of hydrogen-bond acceptors (Lipinski definition) is 9. The Morgan fingerprint density at radius 3 is 2.75 bits per heavy atom. The first-order valence-electron chi connectivity index (χ1n) is 7.01. The third-order valence-corrected chi connectivity index (χ3v) is 3.88. The van der Waals surface area contributed by atoms with E-state index in [1.54, 1.807) is 0 Å². The first kappa shape index (κ1) is 16.3. The zero-order valence-electron chi connectivity index (χ0n) is 12.5. The zero-order chi connectivity index (χ0) is 17.6. The molecule has 3 rings (SSSR count). The smallest absolute Gasteiger partial charge is 0.286 e. The van der Waals surface area contributed by atoms with E-state index >= 15 is 0 Å². The molecule has 0 bridgehead atoms. The highest BCUT2D eigenvalue weighted by Gasteiger charge is 2.44. The maximum absolute atomic E-state index is 12.1. The Bertz CT molecular complexity index is 846. The summed E-state index contributed by atoms with van der Waals surface area (Å²) in [7, 11) is 1.38. The van der Waals surface area contributed by atoms with Crippen LogP contribution in [-0.2, 0) is 4.74 Å². The molecule has 0 unspecified atom stereocenters. The van der Waals surface area contributed by atoms with Gasteiger partial charge in [0, 0.05) is 7.05 Å². The van der Waals surface area contributed by atoms with Crippen LogP contribution in [0.3, 0.4) is 0 Å². The molecule has 1 saturated heterocycles. The summed E-state index contributed by atoms with van der Waals surface area (Å²) in [5, 5.41) is 37.7. The number of ether oxygens (including phenoxy) is 1. The van der Waals surface area contributed by atoms with E-state index in [-0.39, 0.29) is 22.7 Å². The molecule has 24 heavy (non-hydrogen) atoms. The normalized spacial score (nSPS) is 26.8. The summed E-state index contributed by atoms with van der Waals surface area (Å²) in [5.41, 5.74) is 4.77. The second-order valence-corrected chi connectivity index (χ2v) is 5.25. The van der Waals surface area contributed by atoms with Gasteiger partial charge in [-0.15, -0.1) is 0 Å². The number of amides is 1. The van der Waals surface area contributed by atoms with Crippen molar-refractivity contribution in [1.29, 1.82) is 0 Å². The zero-order valence-corrected chi connectivity index (χ0v) is 12.5. The molecule has 12 nitrogen and oxygen atoms in total. The van der Waals surface area contributed by atoms with Gasteiger partial charge in [-0.2, -0.15) is 10.1 Å². The number of anilines is 1. The van der Waals surface area contributed by atoms with Crippen LogP contribution in [0.25, 0.3) is 11.0 Å². The Hall–Kier alpha value is -2.54. The molecule has 130 valence electrons. The van der Waals surface area contributed by atoms with Gasteiger partial charge in [-0.05, 0) is 0 Å². The van der Waals surface area contributed by atoms with Gasteiger partial charge in [0.2, 0.25) is 5.95 Å². The van der Waals surface area contributed by atoms with E-state index in [0.29, 0.717) is 0 Å². The van der Waals surface area contributed by atoms with Gasteiger partial charge in [-0.25, -0.2) is 0 Å². The van der Waals surface area contributed by atoms with Crippen LogP contribution in [-0.4, -0.2) is 72.9 Å². The quantitative estimate of drug-likeness (QED) is 0.332. The molecule has 1 fully saturated rings. The summed E-state index contributed by atoms with van der Waals surface area (Å²) < 4.78 is 6.47. The molecule has 2 aromatic rings. The van der Waals surface area contributed by atoms with Crippen LogP contribution < -0.4 is 16.6 Å². The SMILES string of the molecule is CNC(=O)c1[nH]nc2c1c(=O)nc(N)n2[C@@H]1O[C@H](CO)[C@@H](O)[C@H]1O. The number of aromatic nitrogens is 4. The van der Waals surface area contributed by atoms with Crippen LogP contribution in [0.15, 0.2) is 4.79 Å². The topological polar surface area (TPSA) is 189 Å². The predicted octanol–water partition coefficient (Wildman–Crippen LogP) is -3.33. The number of nitrogens with one attached hydrogen (secondary N) is 2. The Morgan fingerprint density at radius 1 is 1.46 bits per heavy atom. The number of rotatable bonds is 3. The van der Waals surface area contributed by atoms with E-state index in [1.165, 1.54) is 7.05 Å². The van der Waals surface area contributed by atoms with Crippen molar-refractivity contribution in [2.75, 3.05) is 19.4 Å². The molecule has 0 aliphatic carbocycles. The van der Waals surface area contributed by atoms with Gasteiger partial charge in [0.1, 0.15) is 29.4 Å². The molecule has 0 saturated carbocycles. The minimum Gasteiger partial charge on any atom is -0.394 e. The van der Waals surface area contributed by atoms with Crippen molar-refractivity contribution < 1.29 is 24.9 Å². The Morgan fingerprint density at radius 2 is 2.17 bits per heavy atom. The van der Waals surface area contributed by atoms with Crippen LogP contribution in [0.1, 0.15) is 16.7 Å². The second kappa shape index (κ2) is 5.83. The van der Waals surface area contributed by atoms with E-state index in [0.717, 1.165) is 4.57 Å². The summed E-state index contributed by atoms with van der Waals surface area (Å²) in [6.07, 6.45) is -5.10. The van der Waals surface area contributed by atoms with Crippen molar-refractivity contribution in [2.24, 2.45) is 0 Å². The number of carbonyl (C=O) groups excluding carboxylic acids is 1. The van der Waals surface area contributed by atoms with E-state index in [4.69, 9.17) is 10.5 Å². The van der Waals surface area contributed by atoms with Crippen molar-refractivity contribution >= 4 is 22.9 Å². The summed E-state index contributed by atoms with van der Waals surface area (Å²) in [4.78, 5) is 27.5. The lowest BCUT2D eigenvalue weighted by molar-refractivity contribution is -0.0504. The molecule has 0 aromatic carbocycles. The van der Waals surface area contributed by atoms with Crippen LogP contribution >= 0.6 is 0 Å². The van der Waals surface area contributed by atoms with Gasteiger partial charge < -0.3 is 31.1 Å². The molecular weight excluding hydrogens is 324 g/mol. The van der Waals surface area contributed by atoms with Crippen molar-refractivity contribution in [1.82, 2.24) is 25.1 Å². The lowest BCUT2D eigenvalue weighted by Crippen LogP contribution is -2.34. The Labute approximate surface area is 133 Å². The predicted molar refractivity (Wildman–Crippen MR) is 79.0 cm³/mol. The molecule has 1 amide bonds. The molecule has 1 aliphatic rings. The molecule has 2 aromatic heterocycles. The van der Waals surface area contributed by atoms with Gasteiger partial charge in [-0.3, -0.25) is 19.3 Å². The number of nitrogens with zero attached hydrogens (tertiary/aromatic N) is 3. The highest BCUT2D eigenvalue weighted by molar-refractivity contribution is 6.03. The average Bonchev–Trinajstić information content (AvgIpc) is 3.11. The number of carbonyl (C=O) groups is 1. The van der Waals surface area contributed by atoms with Crippen LogP contribution in [0.2, 0.25) is 0 Å². The monoisotopic (exact) mass is 340 g/mol. The van der Waals surface area contributed by atoms with E-state index in [9.17, 15) is 24.9 Å². The highest BCUT2D eigenvalue weighted by atomic mass is 16.6. The Kier molecular flexibility index (Phi) is 3.96. The number of H-pyrrole nitrogens is 1. The summed E-state index contributed by atoms with van der Waals surface area (Å²) in [6.45, 7) is -0.532. The molecule has 3 heterocycles. The van der Waals surface area contributed by atoms with Crippen molar-refractivity contribution in [2.45, 2.75) is 24.5 Å². The van der Waals surface area contributed by atoms with E-state index < -0.39 is 42.6 Å². The van der Waals surface area contributed by atoms with Crippen LogP contribution in [0.4, 0.5) is 5.95 Å². The number of hydrogen-bond donors (Lipinski definition) is 6. The van der Waals surface area contributed by atoms with Crippen molar-refractivity contribution in [3.05, 3.63) is 16.0 Å². The van der Waals surface area contributed by atoms with Crippen molar-refractivity contribution in [3.8, 4) is 0 Å². The average molecular weight is 340 g/mol. The minimum atomic E-state index is -1.45. The second-order valence-electron chi connectivity index (χ2n) is 5.25. The molecule has 7 N–H and O–H groups in total. The van der Waals surface area contributed by atoms with Crippen molar-refractivity contribution in [3.63, 3.8) is 0 Å². The highest BCUT2D eigenvalue weighted by Crippen LogP contribution is 2.32. The summed E-state index contributed by atoms with van der Waals surface area (Å²) in [5.74, 6) is -0.911. The van der Waals surface area contributed by atoms with Crippen LogP contribution in [0.5, 0.6) is 0 Å². The number of nitrogen functional groups attached to an aromatic ring is 1. The number of nitrogens with two attached hydrogens (primary N) is 1. The van der Waals surface area contributed by atoms with E-state index in [1.807, 2.05) is 0 Å². The minimum absolute atomic E-state index is 0.0686. The largest absolute Gasteiger partial charge is 0.394 e. The number of fused-ring (bicyclic) bond motifs is 1. The fourth-order valence-electron chi connectivity index (χ4n) is 2.67. The Balaban J connectivity index is 2.21.